The zero-order valence-electron chi connectivity index (χ0n) is 15.9. The summed E-state index contributed by atoms with van der Waals surface area (Å²) >= 11 is 0. The first-order valence-electron chi connectivity index (χ1n) is 8.76. The number of carbonyl (C=O) groups excluding carboxylic acids is 2. The lowest BCUT2D eigenvalue weighted by atomic mass is 9.93. The van der Waals surface area contributed by atoms with Crippen molar-refractivity contribution in [3.63, 3.8) is 0 Å². The van der Waals surface area contributed by atoms with E-state index < -0.39 is 11.9 Å². The zero-order valence-corrected chi connectivity index (χ0v) is 15.9. The van der Waals surface area contributed by atoms with Crippen molar-refractivity contribution in [2.45, 2.75) is 25.7 Å². The van der Waals surface area contributed by atoms with Gasteiger partial charge in [-0.2, -0.15) is 0 Å². The van der Waals surface area contributed by atoms with E-state index in [1.165, 1.54) is 13.4 Å². The van der Waals surface area contributed by atoms with Crippen molar-refractivity contribution >= 4 is 17.6 Å². The normalized spacial score (nSPS) is 11.8. The fourth-order valence-corrected chi connectivity index (χ4v) is 2.99. The number of esters is 1. The maximum Gasteiger partial charge on any atom is 0.306 e. The molecule has 146 valence electrons. The van der Waals surface area contributed by atoms with E-state index in [4.69, 9.17) is 13.8 Å². The Hall–Kier alpha value is -3.42. The topological polar surface area (TPSA) is 98.7 Å². The summed E-state index contributed by atoms with van der Waals surface area (Å²) in [6.45, 7) is 1.81. The molecule has 1 aromatic carbocycles. The highest BCUT2D eigenvalue weighted by Crippen LogP contribution is 2.33. The van der Waals surface area contributed by atoms with E-state index >= 15 is 0 Å². The van der Waals surface area contributed by atoms with Crippen LogP contribution in [0.15, 0.2) is 51.7 Å². The minimum absolute atomic E-state index is 0.0104. The van der Waals surface area contributed by atoms with Gasteiger partial charge in [-0.05, 0) is 19.1 Å². The highest BCUT2D eigenvalue weighted by Gasteiger charge is 2.28. The molecule has 1 unspecified atom stereocenters. The Bertz CT molecular complexity index is 934. The molecule has 3 rings (SSSR count). The van der Waals surface area contributed by atoms with Gasteiger partial charge in [0.15, 0.2) is 11.5 Å². The number of anilines is 1. The molecular weight excluding hydrogens is 362 g/mol. The molecule has 2 heterocycles. The van der Waals surface area contributed by atoms with Crippen LogP contribution in [0.25, 0.3) is 11.5 Å². The molecule has 0 radical (unpaired) electrons. The molecule has 1 atom stereocenters. The number of carbonyl (C=O) groups is 2. The molecule has 0 N–H and O–H groups in total. The van der Waals surface area contributed by atoms with Crippen LogP contribution in [0, 0.1) is 6.92 Å². The Labute approximate surface area is 162 Å². The van der Waals surface area contributed by atoms with Gasteiger partial charge in [-0.25, -0.2) is 0 Å². The quantitative estimate of drug-likeness (QED) is 0.577. The molecule has 3 aromatic rings. The zero-order chi connectivity index (χ0) is 20.1. The minimum Gasteiger partial charge on any atom is -0.469 e. The summed E-state index contributed by atoms with van der Waals surface area (Å²) in [6, 6.07) is 10.9. The Morgan fingerprint density at radius 3 is 2.54 bits per heavy atom. The molecule has 8 heteroatoms. The van der Waals surface area contributed by atoms with Crippen LogP contribution in [0.3, 0.4) is 0 Å². The number of hydrogen-bond donors (Lipinski definition) is 0. The maximum atomic E-state index is 12.8. The lowest BCUT2D eigenvalue weighted by molar-refractivity contribution is -0.141. The summed E-state index contributed by atoms with van der Waals surface area (Å²) in [5.41, 5.74) is 2.50. The van der Waals surface area contributed by atoms with Crippen LogP contribution >= 0.6 is 0 Å². The first-order valence-corrected chi connectivity index (χ1v) is 8.76. The van der Waals surface area contributed by atoms with Crippen LogP contribution in [-0.2, 0) is 14.3 Å². The fourth-order valence-electron chi connectivity index (χ4n) is 2.99. The van der Waals surface area contributed by atoms with Crippen molar-refractivity contribution in [1.29, 1.82) is 0 Å². The van der Waals surface area contributed by atoms with Gasteiger partial charge >= 0.3 is 5.97 Å². The molecule has 28 heavy (non-hydrogen) atoms. The molecule has 0 aliphatic rings. The SMILES string of the molecule is COC(=O)CC(CC(=O)N(C)c1ccccc1)c1noc(-c2ccon2)c1C. The third kappa shape index (κ3) is 4.11. The van der Waals surface area contributed by atoms with Crippen LogP contribution in [0.4, 0.5) is 5.69 Å². The van der Waals surface area contributed by atoms with Crippen molar-refractivity contribution in [3.05, 3.63) is 53.9 Å². The van der Waals surface area contributed by atoms with E-state index in [9.17, 15) is 9.59 Å². The van der Waals surface area contributed by atoms with Crippen LogP contribution in [-0.4, -0.2) is 36.3 Å². The Morgan fingerprint density at radius 2 is 1.89 bits per heavy atom. The van der Waals surface area contributed by atoms with Crippen molar-refractivity contribution in [2.24, 2.45) is 0 Å². The van der Waals surface area contributed by atoms with Gasteiger partial charge in [0.05, 0.1) is 19.2 Å². The van der Waals surface area contributed by atoms with E-state index in [2.05, 4.69) is 10.3 Å². The van der Waals surface area contributed by atoms with Gasteiger partial charge in [0.2, 0.25) is 5.91 Å². The number of hydrogen-bond acceptors (Lipinski definition) is 7. The van der Waals surface area contributed by atoms with Gasteiger partial charge in [-0.3, -0.25) is 9.59 Å². The molecule has 0 bridgehead atoms. The van der Waals surface area contributed by atoms with E-state index in [0.29, 0.717) is 22.7 Å². The summed E-state index contributed by atoms with van der Waals surface area (Å²) < 4.78 is 15.1. The van der Waals surface area contributed by atoms with Crippen LogP contribution < -0.4 is 4.90 Å². The third-order valence-corrected chi connectivity index (χ3v) is 4.60. The highest BCUT2D eigenvalue weighted by molar-refractivity contribution is 5.93. The average molecular weight is 383 g/mol. The monoisotopic (exact) mass is 383 g/mol. The molecule has 0 aliphatic carbocycles. The van der Waals surface area contributed by atoms with Crippen LogP contribution in [0.1, 0.15) is 30.0 Å². The number of benzene rings is 1. The molecule has 0 fully saturated rings. The van der Waals surface area contributed by atoms with Gasteiger partial charge in [0, 0.05) is 36.7 Å². The minimum atomic E-state index is -0.490. The lowest BCUT2D eigenvalue weighted by Crippen LogP contribution is -2.28. The van der Waals surface area contributed by atoms with Crippen molar-refractivity contribution in [1.82, 2.24) is 10.3 Å². The van der Waals surface area contributed by atoms with Crippen molar-refractivity contribution in [3.8, 4) is 11.5 Å². The molecule has 0 saturated carbocycles. The second-order valence-electron chi connectivity index (χ2n) is 6.38. The molecular formula is C20H21N3O5. The molecule has 8 nitrogen and oxygen atoms in total. The Morgan fingerprint density at radius 1 is 1.14 bits per heavy atom. The Balaban J connectivity index is 1.85. The molecule has 0 aliphatic heterocycles. The van der Waals surface area contributed by atoms with Crippen LogP contribution in [0.5, 0.6) is 0 Å². The van der Waals surface area contributed by atoms with E-state index in [0.717, 1.165) is 5.69 Å². The predicted octanol–water partition coefficient (Wildman–Crippen LogP) is 3.34. The molecule has 2 aromatic heterocycles. The van der Waals surface area contributed by atoms with E-state index in [-0.39, 0.29) is 18.7 Å². The van der Waals surface area contributed by atoms with Gasteiger partial charge in [-0.1, -0.05) is 28.5 Å². The average Bonchev–Trinajstić information content (AvgIpc) is 3.36. The first kappa shape index (κ1) is 19.3. The second-order valence-corrected chi connectivity index (χ2v) is 6.38. The van der Waals surface area contributed by atoms with Gasteiger partial charge in [0.1, 0.15) is 6.26 Å². The largest absolute Gasteiger partial charge is 0.469 e. The molecule has 0 saturated heterocycles. The van der Waals surface area contributed by atoms with Gasteiger partial charge in [0.25, 0.3) is 0 Å². The van der Waals surface area contributed by atoms with Gasteiger partial charge in [-0.15, -0.1) is 0 Å². The number of aromatic nitrogens is 2. The van der Waals surface area contributed by atoms with Crippen molar-refractivity contribution in [2.75, 3.05) is 19.1 Å². The summed E-state index contributed by atoms with van der Waals surface area (Å²) in [6.07, 6.45) is 1.52. The summed E-state index contributed by atoms with van der Waals surface area (Å²) in [7, 11) is 3.01. The van der Waals surface area contributed by atoms with E-state index in [1.54, 1.807) is 18.0 Å². The predicted molar refractivity (Wildman–Crippen MR) is 101 cm³/mol. The standard InChI is InChI=1S/C20H21N3O5/c1-13-19(22-28-20(13)16-9-10-27-21-16)14(12-18(25)26-3)11-17(24)23(2)15-7-5-4-6-8-15/h4-10,14H,11-12H2,1-3H3. The number of para-hydroxylation sites is 1. The summed E-state index contributed by atoms with van der Waals surface area (Å²) in [5.74, 6) is -0.617. The smallest absolute Gasteiger partial charge is 0.306 e. The summed E-state index contributed by atoms with van der Waals surface area (Å²) in [4.78, 5) is 26.3. The third-order valence-electron chi connectivity index (χ3n) is 4.60. The fraction of sp³-hybridized carbons (Fsp3) is 0.300. The number of rotatable bonds is 7. The van der Waals surface area contributed by atoms with Crippen molar-refractivity contribution < 1.29 is 23.4 Å². The number of ether oxygens (including phenoxy) is 1. The van der Waals surface area contributed by atoms with E-state index in [1.807, 2.05) is 37.3 Å². The maximum absolute atomic E-state index is 12.8. The summed E-state index contributed by atoms with van der Waals surface area (Å²) in [5, 5.41) is 7.96. The number of nitrogens with zero attached hydrogens (tertiary/aromatic N) is 3. The first-order chi connectivity index (χ1) is 13.5. The molecule has 0 spiro atoms. The lowest BCUT2D eigenvalue weighted by Gasteiger charge is -2.20. The number of amides is 1. The highest BCUT2D eigenvalue weighted by atomic mass is 16.5. The number of methoxy groups -OCH3 is 1. The van der Waals surface area contributed by atoms with Gasteiger partial charge < -0.3 is 18.7 Å². The Kier molecular flexibility index (Phi) is 5.88. The second kappa shape index (κ2) is 8.51. The molecule has 1 amide bonds. The van der Waals surface area contributed by atoms with Crippen LogP contribution in [0.2, 0.25) is 0 Å².